The molecule has 0 saturated carbocycles. The molecule has 1 N–H and O–H groups in total. The summed E-state index contributed by atoms with van der Waals surface area (Å²) in [5.74, 6) is 3.45. The Hall–Kier alpha value is -3.41. The number of imidazole rings is 1. The van der Waals surface area contributed by atoms with Gasteiger partial charge in [0.1, 0.15) is 30.3 Å². The first-order valence-corrected chi connectivity index (χ1v) is 11.3. The van der Waals surface area contributed by atoms with E-state index in [2.05, 4.69) is 77.0 Å². The summed E-state index contributed by atoms with van der Waals surface area (Å²) in [5.41, 5.74) is 7.86. The third kappa shape index (κ3) is 3.93. The Kier molecular flexibility index (Phi) is 5.29. The number of H-pyrrole nitrogens is 1. The van der Waals surface area contributed by atoms with Crippen LogP contribution in [0.15, 0.2) is 42.7 Å². The maximum Gasteiger partial charge on any atom is 0.135 e. The Morgan fingerprint density at radius 2 is 1.88 bits per heavy atom. The first-order chi connectivity index (χ1) is 15.5. The Bertz CT molecular complexity index is 1280. The number of aryl methyl sites for hydroxylation is 2. The molecule has 1 aliphatic heterocycles. The number of rotatable bonds is 4. The van der Waals surface area contributed by atoms with E-state index in [1.165, 1.54) is 16.7 Å². The highest BCUT2D eigenvalue weighted by molar-refractivity contribution is 5.82. The molecule has 0 bridgehead atoms. The lowest BCUT2D eigenvalue weighted by Crippen LogP contribution is -2.28. The van der Waals surface area contributed by atoms with Crippen molar-refractivity contribution >= 4 is 16.9 Å². The fourth-order valence-corrected chi connectivity index (χ4v) is 4.48. The lowest BCUT2D eigenvalue weighted by Gasteiger charge is -2.25. The molecule has 0 aliphatic carbocycles. The summed E-state index contributed by atoms with van der Waals surface area (Å²) < 4.78 is 6.11. The number of ether oxygens (including phenoxy) is 1. The van der Waals surface area contributed by atoms with Crippen molar-refractivity contribution in [2.45, 2.75) is 40.7 Å². The molecule has 1 aliphatic rings. The van der Waals surface area contributed by atoms with Crippen molar-refractivity contribution in [3.05, 3.63) is 65.4 Å². The average molecular weight is 428 g/mol. The number of aromatic nitrogens is 4. The molecule has 0 amide bonds. The van der Waals surface area contributed by atoms with E-state index in [9.17, 15) is 0 Å². The van der Waals surface area contributed by atoms with E-state index in [0.29, 0.717) is 12.5 Å². The molecular weight excluding hydrogens is 398 g/mol. The van der Waals surface area contributed by atoms with Crippen LogP contribution in [-0.4, -0.2) is 33.1 Å². The van der Waals surface area contributed by atoms with E-state index in [-0.39, 0.29) is 0 Å². The maximum absolute atomic E-state index is 6.11. The molecule has 0 fully saturated rings. The molecule has 0 saturated heterocycles. The van der Waals surface area contributed by atoms with Gasteiger partial charge in [-0.05, 0) is 61.6 Å². The van der Waals surface area contributed by atoms with Crippen LogP contribution in [0.5, 0.6) is 5.75 Å². The number of nitrogens with zero attached hydrogens (tertiary/aromatic N) is 4. The van der Waals surface area contributed by atoms with Crippen molar-refractivity contribution in [3.63, 3.8) is 0 Å². The van der Waals surface area contributed by atoms with E-state index in [1.54, 1.807) is 6.33 Å². The lowest BCUT2D eigenvalue weighted by molar-refractivity contribution is 0.331. The van der Waals surface area contributed by atoms with Crippen LogP contribution in [0, 0.1) is 19.8 Å². The van der Waals surface area contributed by atoms with E-state index >= 15 is 0 Å². The topological polar surface area (TPSA) is 66.9 Å². The van der Waals surface area contributed by atoms with E-state index in [0.717, 1.165) is 59.2 Å². The highest BCUT2D eigenvalue weighted by atomic mass is 16.5. The van der Waals surface area contributed by atoms with Gasteiger partial charge >= 0.3 is 0 Å². The first-order valence-electron chi connectivity index (χ1n) is 11.3. The molecule has 5 rings (SSSR count). The van der Waals surface area contributed by atoms with Gasteiger partial charge in [-0.25, -0.2) is 15.0 Å². The number of benzene rings is 2. The number of hydrogen-bond donors (Lipinski definition) is 1. The van der Waals surface area contributed by atoms with Crippen molar-refractivity contribution in [2.24, 2.45) is 5.92 Å². The highest BCUT2D eigenvalue weighted by Gasteiger charge is 2.21. The van der Waals surface area contributed by atoms with Gasteiger partial charge in [-0.15, -0.1) is 0 Å². The Labute approximate surface area is 188 Å². The second-order valence-electron chi connectivity index (χ2n) is 9.01. The molecule has 6 nitrogen and oxygen atoms in total. The zero-order valence-corrected chi connectivity index (χ0v) is 19.1. The molecule has 4 aromatic rings. The molecule has 0 atom stereocenters. The van der Waals surface area contributed by atoms with Crippen LogP contribution in [0.25, 0.3) is 22.2 Å². The number of aromatic amines is 1. The fourth-order valence-electron chi connectivity index (χ4n) is 4.48. The lowest BCUT2D eigenvalue weighted by atomic mass is 10.0. The molecule has 2 aromatic carbocycles. The van der Waals surface area contributed by atoms with Gasteiger partial charge in [0.05, 0.1) is 17.6 Å². The normalized spacial score (nSPS) is 13.8. The summed E-state index contributed by atoms with van der Waals surface area (Å²) in [6.45, 7) is 10.7. The molecule has 3 heterocycles. The minimum absolute atomic E-state index is 0.543. The first kappa shape index (κ1) is 20.5. The van der Waals surface area contributed by atoms with Gasteiger partial charge in [0.15, 0.2) is 0 Å². The Morgan fingerprint density at radius 3 is 2.72 bits per heavy atom. The summed E-state index contributed by atoms with van der Waals surface area (Å²) in [5, 5.41) is 0. The van der Waals surface area contributed by atoms with Crippen LogP contribution >= 0.6 is 0 Å². The second kappa shape index (κ2) is 8.26. The monoisotopic (exact) mass is 427 g/mol. The van der Waals surface area contributed by atoms with Gasteiger partial charge in [-0.2, -0.15) is 0 Å². The maximum atomic E-state index is 6.11. The van der Waals surface area contributed by atoms with Crippen LogP contribution in [-0.2, 0) is 13.0 Å². The summed E-state index contributed by atoms with van der Waals surface area (Å²) in [7, 11) is 0. The molecule has 0 unspecified atom stereocenters. The van der Waals surface area contributed by atoms with Gasteiger partial charge in [0.2, 0.25) is 0 Å². The van der Waals surface area contributed by atoms with E-state index < -0.39 is 0 Å². The van der Waals surface area contributed by atoms with E-state index in [1.807, 2.05) is 6.92 Å². The summed E-state index contributed by atoms with van der Waals surface area (Å²) in [6.07, 6.45) is 2.65. The molecule has 6 heteroatoms. The van der Waals surface area contributed by atoms with Gasteiger partial charge in [0, 0.05) is 23.4 Å². The minimum atomic E-state index is 0.543. The van der Waals surface area contributed by atoms with E-state index in [4.69, 9.17) is 9.72 Å². The molecule has 0 spiro atoms. The third-order valence-corrected chi connectivity index (χ3v) is 6.02. The quantitative estimate of drug-likeness (QED) is 0.483. The van der Waals surface area contributed by atoms with Crippen LogP contribution in [0.3, 0.4) is 0 Å². The largest absolute Gasteiger partial charge is 0.491 e. The van der Waals surface area contributed by atoms with Crippen molar-refractivity contribution in [2.75, 3.05) is 18.1 Å². The minimum Gasteiger partial charge on any atom is -0.491 e. The van der Waals surface area contributed by atoms with Gasteiger partial charge in [-0.1, -0.05) is 26.0 Å². The fraction of sp³-hybridized carbons (Fsp3) is 0.346. The van der Waals surface area contributed by atoms with Crippen LogP contribution in [0.4, 0.5) is 5.82 Å². The zero-order chi connectivity index (χ0) is 22.2. The van der Waals surface area contributed by atoms with Crippen molar-refractivity contribution < 1.29 is 4.74 Å². The van der Waals surface area contributed by atoms with Crippen LogP contribution < -0.4 is 9.64 Å². The predicted molar refractivity (Wildman–Crippen MR) is 128 cm³/mol. The van der Waals surface area contributed by atoms with Crippen molar-refractivity contribution in [1.29, 1.82) is 0 Å². The van der Waals surface area contributed by atoms with Crippen LogP contribution in [0.2, 0.25) is 0 Å². The van der Waals surface area contributed by atoms with Gasteiger partial charge in [0.25, 0.3) is 0 Å². The average Bonchev–Trinajstić information content (AvgIpc) is 3.00. The van der Waals surface area contributed by atoms with Crippen molar-refractivity contribution in [1.82, 2.24) is 19.9 Å². The molecule has 0 radical (unpaired) electrons. The number of fused-ring (bicyclic) bond motifs is 2. The van der Waals surface area contributed by atoms with Crippen LogP contribution in [0.1, 0.15) is 36.5 Å². The second-order valence-corrected chi connectivity index (χ2v) is 9.01. The van der Waals surface area contributed by atoms with Crippen molar-refractivity contribution in [3.8, 4) is 16.9 Å². The predicted octanol–water partition coefficient (Wildman–Crippen LogP) is 5.23. The summed E-state index contributed by atoms with van der Waals surface area (Å²) in [6, 6.07) is 12.8. The highest BCUT2D eigenvalue weighted by Crippen LogP contribution is 2.33. The number of nitrogens with one attached hydrogen (secondary N) is 1. The Morgan fingerprint density at radius 1 is 1.06 bits per heavy atom. The summed E-state index contributed by atoms with van der Waals surface area (Å²) in [4.78, 5) is 19.3. The molecule has 164 valence electrons. The van der Waals surface area contributed by atoms with Gasteiger partial charge < -0.3 is 14.6 Å². The number of hydrogen-bond acceptors (Lipinski definition) is 5. The standard InChI is InChI=1S/C26H29N5O/c1-16(2)11-22-17(3)27-15-28-26(22)31-9-10-32-25-8-6-19(12-21(25)14-31)20-5-7-23-24(13-20)30-18(4)29-23/h5-8,12-13,15-16H,9-11,14H2,1-4H3,(H,29,30). The summed E-state index contributed by atoms with van der Waals surface area (Å²) >= 11 is 0. The van der Waals surface area contributed by atoms with Gasteiger partial charge in [-0.3, -0.25) is 0 Å². The smallest absolute Gasteiger partial charge is 0.135 e. The Balaban J connectivity index is 1.51. The molecule has 32 heavy (non-hydrogen) atoms. The number of anilines is 1. The SMILES string of the molecule is Cc1nc2ccc(-c3ccc4c(c3)CN(c3ncnc(C)c3CC(C)C)CCO4)cc2[nH]1. The zero-order valence-electron chi connectivity index (χ0n) is 19.1. The molecular formula is C26H29N5O. The molecule has 2 aromatic heterocycles. The third-order valence-electron chi connectivity index (χ3n) is 6.02.